The molecule has 1 amide bonds. The van der Waals surface area contributed by atoms with Crippen LogP contribution in [-0.2, 0) is 9.53 Å². The lowest BCUT2D eigenvalue weighted by Gasteiger charge is -2.29. The molecule has 2 N–H and O–H groups in total. The molecule has 148 valence electrons. The molecule has 0 aliphatic carbocycles. The third-order valence-corrected chi connectivity index (χ3v) is 4.71. The molecule has 0 spiro atoms. The Balaban J connectivity index is 1.49. The fourth-order valence-corrected chi connectivity index (χ4v) is 3.29. The summed E-state index contributed by atoms with van der Waals surface area (Å²) in [5, 5.41) is 6.36. The van der Waals surface area contributed by atoms with Crippen LogP contribution in [0.1, 0.15) is 5.56 Å². The largest absolute Gasteiger partial charge is 0.484 e. The number of carbonyl (C=O) groups excluding carboxylic acids is 1. The minimum absolute atomic E-state index is 0.123. The molecule has 2 aromatic rings. The smallest absolute Gasteiger partial charge is 0.264 e. The van der Waals surface area contributed by atoms with Crippen LogP contribution in [0.25, 0.3) is 0 Å². The quantitative estimate of drug-likeness (QED) is 0.724. The third kappa shape index (κ3) is 5.82. The van der Waals surface area contributed by atoms with Crippen LogP contribution in [0.15, 0.2) is 42.5 Å². The summed E-state index contributed by atoms with van der Waals surface area (Å²) in [6.07, 6.45) is 0. The van der Waals surface area contributed by atoms with Gasteiger partial charge in [0.25, 0.3) is 5.91 Å². The summed E-state index contributed by atoms with van der Waals surface area (Å²) in [6, 6.07) is 13.1. The van der Waals surface area contributed by atoms with Gasteiger partial charge in [-0.1, -0.05) is 29.3 Å². The summed E-state index contributed by atoms with van der Waals surface area (Å²) >= 11 is 11.6. The van der Waals surface area contributed by atoms with Gasteiger partial charge >= 0.3 is 0 Å². The maximum Gasteiger partial charge on any atom is 0.264 e. The van der Waals surface area contributed by atoms with Crippen molar-refractivity contribution < 1.29 is 14.3 Å². The molecule has 6 nitrogen and oxygen atoms in total. The van der Waals surface area contributed by atoms with Crippen LogP contribution in [0.2, 0.25) is 5.02 Å². The van der Waals surface area contributed by atoms with Crippen molar-refractivity contribution in [3.05, 3.63) is 53.1 Å². The highest BCUT2D eigenvalue weighted by molar-refractivity contribution is 7.80. The predicted octanol–water partition coefficient (Wildman–Crippen LogP) is 3.38. The first-order chi connectivity index (χ1) is 13.5. The van der Waals surface area contributed by atoms with Crippen molar-refractivity contribution in [2.45, 2.75) is 6.92 Å². The van der Waals surface area contributed by atoms with E-state index in [0.29, 0.717) is 29.7 Å². The van der Waals surface area contributed by atoms with E-state index in [1.54, 1.807) is 6.07 Å². The highest BCUT2D eigenvalue weighted by atomic mass is 35.5. The zero-order valence-corrected chi connectivity index (χ0v) is 17.1. The molecular formula is C20H22ClN3O3S. The van der Waals surface area contributed by atoms with E-state index in [4.69, 9.17) is 33.3 Å². The second-order valence-electron chi connectivity index (χ2n) is 6.37. The molecule has 2 aromatic carbocycles. The third-order valence-electron chi connectivity index (χ3n) is 4.20. The average molecular weight is 420 g/mol. The number of benzene rings is 2. The van der Waals surface area contributed by atoms with E-state index < -0.39 is 0 Å². The molecule has 8 heteroatoms. The van der Waals surface area contributed by atoms with E-state index in [2.05, 4.69) is 15.5 Å². The Bertz CT molecular complexity index is 839. The Labute approximate surface area is 174 Å². The summed E-state index contributed by atoms with van der Waals surface area (Å²) in [5.74, 6) is 0.291. The summed E-state index contributed by atoms with van der Waals surface area (Å²) in [7, 11) is 0. The van der Waals surface area contributed by atoms with Gasteiger partial charge in [0.1, 0.15) is 5.75 Å². The molecule has 1 saturated heterocycles. The average Bonchev–Trinajstić information content (AvgIpc) is 2.68. The number of rotatable bonds is 5. The number of nitrogens with zero attached hydrogens (tertiary/aromatic N) is 1. The molecule has 0 saturated carbocycles. The number of hydrogen-bond donors (Lipinski definition) is 2. The van der Waals surface area contributed by atoms with E-state index in [0.717, 1.165) is 24.3 Å². The number of ether oxygens (including phenoxy) is 2. The Morgan fingerprint density at radius 1 is 1.21 bits per heavy atom. The van der Waals surface area contributed by atoms with Gasteiger partial charge in [-0.3, -0.25) is 10.1 Å². The van der Waals surface area contributed by atoms with Gasteiger partial charge in [0.05, 0.1) is 23.9 Å². The highest BCUT2D eigenvalue weighted by Gasteiger charge is 2.15. The predicted molar refractivity (Wildman–Crippen MR) is 116 cm³/mol. The SMILES string of the molecule is Cc1ccc(OCC(=O)NC(=S)Nc2ccc(N3CCOCC3)c(Cl)c2)cc1. The van der Waals surface area contributed by atoms with Crippen LogP contribution in [-0.4, -0.2) is 43.9 Å². The second-order valence-corrected chi connectivity index (χ2v) is 7.19. The molecule has 1 aliphatic rings. The van der Waals surface area contributed by atoms with Gasteiger partial charge in [0, 0.05) is 18.8 Å². The standard InChI is InChI=1S/C20H22ClN3O3S/c1-14-2-5-16(6-3-14)27-13-19(25)23-20(28)22-15-4-7-18(17(21)12-15)24-8-10-26-11-9-24/h2-7,12H,8-11,13H2,1H3,(H2,22,23,25,28). The highest BCUT2D eigenvalue weighted by Crippen LogP contribution is 2.29. The van der Waals surface area contributed by atoms with Gasteiger partial charge in [-0.05, 0) is 49.5 Å². The number of amides is 1. The Morgan fingerprint density at radius 2 is 1.93 bits per heavy atom. The first-order valence-electron chi connectivity index (χ1n) is 8.94. The number of anilines is 2. The summed E-state index contributed by atoms with van der Waals surface area (Å²) < 4.78 is 10.8. The fourth-order valence-electron chi connectivity index (χ4n) is 2.75. The fraction of sp³-hybridized carbons (Fsp3) is 0.300. The summed E-state index contributed by atoms with van der Waals surface area (Å²) in [5.41, 5.74) is 2.78. The minimum atomic E-state index is -0.339. The molecular weight excluding hydrogens is 398 g/mol. The lowest BCUT2D eigenvalue weighted by atomic mass is 10.2. The molecule has 0 atom stereocenters. The number of thiocarbonyl (C=S) groups is 1. The van der Waals surface area contributed by atoms with Crippen LogP contribution in [0, 0.1) is 6.92 Å². The van der Waals surface area contributed by atoms with E-state index >= 15 is 0 Å². The first-order valence-corrected chi connectivity index (χ1v) is 9.72. The van der Waals surface area contributed by atoms with Crippen LogP contribution < -0.4 is 20.3 Å². The van der Waals surface area contributed by atoms with Crippen molar-refractivity contribution in [3.8, 4) is 5.75 Å². The zero-order valence-electron chi connectivity index (χ0n) is 15.5. The van der Waals surface area contributed by atoms with Crippen LogP contribution in [0.5, 0.6) is 5.75 Å². The van der Waals surface area contributed by atoms with E-state index in [-0.39, 0.29) is 17.6 Å². The monoisotopic (exact) mass is 419 g/mol. The molecule has 3 rings (SSSR count). The number of nitrogens with one attached hydrogen (secondary N) is 2. The van der Waals surface area contributed by atoms with Crippen molar-refractivity contribution in [3.63, 3.8) is 0 Å². The summed E-state index contributed by atoms with van der Waals surface area (Å²) in [6.45, 7) is 4.86. The Kier molecular flexibility index (Phi) is 7.08. The van der Waals surface area contributed by atoms with Crippen molar-refractivity contribution in [1.82, 2.24) is 5.32 Å². The lowest BCUT2D eigenvalue weighted by molar-refractivity contribution is -0.121. The van der Waals surface area contributed by atoms with Crippen LogP contribution in [0.4, 0.5) is 11.4 Å². The number of morpholine rings is 1. The number of aryl methyl sites for hydroxylation is 1. The minimum Gasteiger partial charge on any atom is -0.484 e. The number of hydrogen-bond acceptors (Lipinski definition) is 5. The molecule has 1 heterocycles. The molecule has 0 aromatic heterocycles. The van der Waals surface area contributed by atoms with E-state index in [9.17, 15) is 4.79 Å². The lowest BCUT2D eigenvalue weighted by Crippen LogP contribution is -2.37. The van der Waals surface area contributed by atoms with Gasteiger partial charge in [0.2, 0.25) is 0 Å². The molecule has 1 fully saturated rings. The van der Waals surface area contributed by atoms with E-state index in [1.165, 1.54) is 0 Å². The summed E-state index contributed by atoms with van der Waals surface area (Å²) in [4.78, 5) is 14.2. The molecule has 0 bridgehead atoms. The maximum atomic E-state index is 12.0. The van der Waals surface area contributed by atoms with Gasteiger partial charge < -0.3 is 19.7 Å². The van der Waals surface area contributed by atoms with Crippen molar-refractivity contribution >= 4 is 46.2 Å². The Morgan fingerprint density at radius 3 is 2.61 bits per heavy atom. The number of halogens is 1. The second kappa shape index (κ2) is 9.73. The van der Waals surface area contributed by atoms with Crippen molar-refractivity contribution in [2.75, 3.05) is 43.1 Å². The van der Waals surface area contributed by atoms with Crippen molar-refractivity contribution in [1.29, 1.82) is 0 Å². The molecule has 0 unspecified atom stereocenters. The van der Waals surface area contributed by atoms with Crippen LogP contribution >= 0.6 is 23.8 Å². The van der Waals surface area contributed by atoms with E-state index in [1.807, 2.05) is 43.3 Å². The number of carbonyl (C=O) groups is 1. The maximum absolute atomic E-state index is 12.0. The topological polar surface area (TPSA) is 62.8 Å². The van der Waals surface area contributed by atoms with Gasteiger partial charge in [-0.2, -0.15) is 0 Å². The molecule has 0 radical (unpaired) electrons. The normalized spacial score (nSPS) is 13.7. The molecule has 1 aliphatic heterocycles. The van der Waals surface area contributed by atoms with Gasteiger partial charge in [-0.15, -0.1) is 0 Å². The molecule has 28 heavy (non-hydrogen) atoms. The first kappa shape index (κ1) is 20.4. The van der Waals surface area contributed by atoms with Gasteiger partial charge in [-0.25, -0.2) is 0 Å². The van der Waals surface area contributed by atoms with Gasteiger partial charge in [0.15, 0.2) is 11.7 Å². The van der Waals surface area contributed by atoms with Crippen molar-refractivity contribution in [2.24, 2.45) is 0 Å². The zero-order chi connectivity index (χ0) is 19.9. The Hall–Kier alpha value is -2.35. The van der Waals surface area contributed by atoms with Crippen LogP contribution in [0.3, 0.4) is 0 Å².